The highest BCUT2D eigenvalue weighted by atomic mass is 19.1. The molecule has 4 amide bonds. The van der Waals surface area contributed by atoms with Gasteiger partial charge in [0.2, 0.25) is 29.6 Å². The van der Waals surface area contributed by atoms with Crippen LogP contribution in [0.4, 0.5) is 41.0 Å². The van der Waals surface area contributed by atoms with Crippen molar-refractivity contribution in [1.29, 1.82) is 0 Å². The molecule has 0 radical (unpaired) electrons. The zero-order valence-electron chi connectivity index (χ0n) is 73.7. The Morgan fingerprint density at radius 3 is 1.02 bits per heavy atom. The summed E-state index contributed by atoms with van der Waals surface area (Å²) in [5.74, 6) is 8.51. The Morgan fingerprint density at radius 1 is 0.349 bits per heavy atom. The predicted octanol–water partition coefficient (Wildman–Crippen LogP) is 12.2. The first-order chi connectivity index (χ1) is 60.6. The van der Waals surface area contributed by atoms with E-state index < -0.39 is 0 Å². The van der Waals surface area contributed by atoms with Crippen molar-refractivity contribution in [3.63, 3.8) is 0 Å². The first-order valence-electron chi connectivity index (χ1n) is 42.7. The number of nitrogens with zero attached hydrogens (tertiary/aromatic N) is 25. The van der Waals surface area contributed by atoms with Gasteiger partial charge in [0.15, 0.2) is 23.3 Å². The first-order valence-corrected chi connectivity index (χ1v) is 42.7. The third-order valence-electron chi connectivity index (χ3n) is 22.4. The molecule has 126 heavy (non-hydrogen) atoms. The van der Waals surface area contributed by atoms with E-state index >= 15 is 0 Å². The van der Waals surface area contributed by atoms with Crippen molar-refractivity contribution in [2.24, 2.45) is 0 Å². The SMILES string of the molecule is CCc1nc(-c2ccc(F)c(C)c2)nn1CC(=O)N1CCN(c2ccccn2)CC1.COc1ccnc(N2CCN(C(=O)Cn3nc(-c4ccc(F)c(C)c4)nc3C(C)C)CC2)c1.Cc1cc(-c2nc(C(C)C)n(CC(=O)N3CCN(c4ncccn4)CC3)n2)ccc1F.Cc1ccnc(N2CCN(C(=O)Cn3nc(-c4ccc(F)c(C)c4)nc3C(C)C)CC2)c1. The van der Waals surface area contributed by atoms with Gasteiger partial charge in [-0.15, -0.1) is 0 Å². The monoisotopic (exact) mass is 1720 g/mol. The summed E-state index contributed by atoms with van der Waals surface area (Å²) in [6.45, 7) is 34.3. The molecule has 34 heteroatoms. The number of methoxy groups -OCH3 is 1. The summed E-state index contributed by atoms with van der Waals surface area (Å²) >= 11 is 0. The van der Waals surface area contributed by atoms with Crippen LogP contribution in [0.2, 0.25) is 0 Å². The van der Waals surface area contributed by atoms with Gasteiger partial charge in [0.05, 0.1) is 7.11 Å². The van der Waals surface area contributed by atoms with Crippen molar-refractivity contribution in [3.8, 4) is 51.3 Å². The van der Waals surface area contributed by atoms with Crippen LogP contribution in [0.15, 0.2) is 152 Å². The quantitative estimate of drug-likeness (QED) is 0.0604. The van der Waals surface area contributed by atoms with Gasteiger partial charge in [-0.25, -0.2) is 81.1 Å². The topological polar surface area (TPSA) is 291 Å². The maximum atomic E-state index is 13.7. The Balaban J connectivity index is 0.000000144. The van der Waals surface area contributed by atoms with Gasteiger partial charge in [0.1, 0.15) is 95.9 Å². The summed E-state index contributed by atoms with van der Waals surface area (Å²) in [6.07, 6.45) is 9.43. The molecule has 12 heterocycles. The second kappa shape index (κ2) is 41.4. The van der Waals surface area contributed by atoms with Gasteiger partial charge in [0.25, 0.3) is 0 Å². The number of benzene rings is 4. The number of aryl methyl sites for hydroxylation is 6. The summed E-state index contributed by atoms with van der Waals surface area (Å²) in [6, 6.07) is 34.7. The number of aromatic nitrogens is 17. The summed E-state index contributed by atoms with van der Waals surface area (Å²) in [7, 11) is 1.63. The number of hydrogen-bond acceptors (Lipinski definition) is 22. The number of ether oxygens (including phenoxy) is 1. The highest BCUT2D eigenvalue weighted by Crippen LogP contribution is 2.29. The zero-order valence-corrected chi connectivity index (χ0v) is 73.7. The molecule has 0 atom stereocenters. The van der Waals surface area contributed by atoms with Gasteiger partial charge < -0.3 is 43.9 Å². The number of halogens is 4. The summed E-state index contributed by atoms with van der Waals surface area (Å²) < 4.78 is 66.5. The molecule has 4 aromatic carbocycles. The summed E-state index contributed by atoms with van der Waals surface area (Å²) in [5, 5.41) is 18.3. The molecule has 0 N–H and O–H groups in total. The zero-order chi connectivity index (χ0) is 89.4. The van der Waals surface area contributed by atoms with E-state index in [1.54, 1.807) is 133 Å². The van der Waals surface area contributed by atoms with E-state index in [-0.39, 0.29) is 90.8 Å². The van der Waals surface area contributed by atoms with Gasteiger partial charge in [-0.3, -0.25) is 19.2 Å². The van der Waals surface area contributed by atoms with Crippen molar-refractivity contribution >= 4 is 47.0 Å². The average Bonchev–Trinajstić information content (AvgIpc) is 1.66. The van der Waals surface area contributed by atoms with Gasteiger partial charge in [-0.1, -0.05) is 54.5 Å². The molecule has 8 aromatic heterocycles. The number of rotatable bonds is 21. The van der Waals surface area contributed by atoms with Crippen molar-refractivity contribution in [2.45, 2.75) is 133 Å². The van der Waals surface area contributed by atoms with Crippen LogP contribution in [0.5, 0.6) is 5.75 Å². The lowest BCUT2D eigenvalue weighted by molar-refractivity contribution is -0.133. The van der Waals surface area contributed by atoms with E-state index in [1.165, 1.54) is 29.8 Å². The number of piperazine rings is 4. The van der Waals surface area contributed by atoms with Crippen LogP contribution in [-0.4, -0.2) is 239 Å². The second-order valence-corrected chi connectivity index (χ2v) is 32.5. The van der Waals surface area contributed by atoms with E-state index in [0.717, 1.165) is 94.9 Å². The molecule has 16 rings (SSSR count). The smallest absolute Gasteiger partial charge is 0.244 e. The standard InChI is InChI=1S/C24H29FN6O2.C24H29FN6O.C22H26FN7O.C22H25FN6O/c1-16(2)24-27-23(18-5-6-20(25)17(3)13-18)28-31(24)15-22(32)30-11-9-29(10-12-30)21-14-19(33-4)7-8-26-21;1-16(2)24-27-23(19-5-6-20(25)18(4)14-19)28-31(24)15-22(32)30-11-9-29(10-12-30)21-13-17(3)7-8-26-21;1-15(2)21-26-20(17-5-6-18(23)16(3)13-17)27-30(21)14-19(31)28-9-11-29(12-10-28)22-24-7-4-8-25-22;1-3-19-25-22(17-7-8-18(23)16(2)14-17)26-29(19)15-21(30)28-12-10-27(11-13-28)20-6-4-5-9-24-20/h5-8,13-14,16H,9-12,15H2,1-4H3;5-8,13-14,16H,9-12,15H2,1-4H3;4-8,13,15H,9-12,14H2,1-3H3;4-9,14H,3,10-13,15H2,1-2H3. The number of carbonyl (C=O) groups is 4. The van der Waals surface area contributed by atoms with Gasteiger partial charge >= 0.3 is 0 Å². The van der Waals surface area contributed by atoms with Crippen LogP contribution in [0.1, 0.15) is 117 Å². The fraction of sp³-hybridized carbons (Fsp3) is 0.402. The lowest BCUT2D eigenvalue weighted by atomic mass is 10.1. The lowest BCUT2D eigenvalue weighted by Gasteiger charge is -2.35. The molecule has 0 saturated carbocycles. The van der Waals surface area contributed by atoms with Crippen LogP contribution < -0.4 is 24.3 Å². The van der Waals surface area contributed by atoms with Crippen LogP contribution in [0, 0.1) is 57.9 Å². The molecule has 0 aliphatic carbocycles. The molecule has 12 aromatic rings. The van der Waals surface area contributed by atoms with Crippen LogP contribution in [-0.2, 0) is 51.8 Å². The minimum atomic E-state index is -0.263. The number of pyridine rings is 3. The van der Waals surface area contributed by atoms with Crippen LogP contribution in [0.25, 0.3) is 45.6 Å². The number of anilines is 4. The fourth-order valence-electron chi connectivity index (χ4n) is 15.1. The minimum absolute atomic E-state index is 0.00175. The number of amides is 4. The molecule has 30 nitrogen and oxygen atoms in total. The molecule has 0 bridgehead atoms. The Morgan fingerprint density at radius 2 is 0.675 bits per heavy atom. The molecular formula is C92H109F4N25O5. The third kappa shape index (κ3) is 22.6. The third-order valence-corrected chi connectivity index (χ3v) is 22.4. The van der Waals surface area contributed by atoms with E-state index in [2.05, 4.69) is 97.8 Å². The molecule has 4 fully saturated rings. The molecule has 0 spiro atoms. The van der Waals surface area contributed by atoms with Crippen molar-refractivity contribution < 1.29 is 41.5 Å². The van der Waals surface area contributed by atoms with Gasteiger partial charge in [0, 0.05) is 188 Å². The molecule has 660 valence electrons. The molecule has 4 aliphatic heterocycles. The number of carbonyl (C=O) groups excluding carboxylic acids is 4. The Hall–Kier alpha value is -13.4. The van der Waals surface area contributed by atoms with Crippen LogP contribution in [0.3, 0.4) is 0 Å². The van der Waals surface area contributed by atoms with Gasteiger partial charge in [-0.2, -0.15) is 20.4 Å². The Bertz CT molecular complexity index is 5730. The molecule has 0 unspecified atom stereocenters. The highest BCUT2D eigenvalue weighted by molar-refractivity contribution is 5.78. The largest absolute Gasteiger partial charge is 0.497 e. The maximum absolute atomic E-state index is 13.7. The van der Waals surface area contributed by atoms with E-state index in [1.807, 2.05) is 111 Å². The minimum Gasteiger partial charge on any atom is -0.497 e. The van der Waals surface area contributed by atoms with Crippen molar-refractivity contribution in [2.75, 3.05) is 131 Å². The molecular weight excluding hydrogens is 1610 g/mol. The average molecular weight is 1720 g/mol. The van der Waals surface area contributed by atoms with E-state index in [0.29, 0.717) is 136 Å². The molecule has 4 aliphatic rings. The lowest BCUT2D eigenvalue weighted by Crippen LogP contribution is -2.50. The van der Waals surface area contributed by atoms with Crippen molar-refractivity contribution in [1.82, 2.24) is 104 Å². The van der Waals surface area contributed by atoms with Crippen molar-refractivity contribution in [3.05, 3.63) is 227 Å². The number of hydrogen-bond donors (Lipinski definition) is 0. The Kier molecular flexibility index (Phi) is 29.7. The summed E-state index contributed by atoms with van der Waals surface area (Å²) in [4.78, 5) is 108. The summed E-state index contributed by atoms with van der Waals surface area (Å²) in [5.41, 5.74) is 6.31. The van der Waals surface area contributed by atoms with Gasteiger partial charge in [-0.05, 0) is 172 Å². The van der Waals surface area contributed by atoms with E-state index in [9.17, 15) is 36.7 Å². The highest BCUT2D eigenvalue weighted by Gasteiger charge is 2.31. The first kappa shape index (κ1) is 90.3. The predicted molar refractivity (Wildman–Crippen MR) is 473 cm³/mol. The second-order valence-electron chi connectivity index (χ2n) is 32.5. The normalized spacial score (nSPS) is 14.3. The van der Waals surface area contributed by atoms with Crippen LogP contribution >= 0.6 is 0 Å². The van der Waals surface area contributed by atoms with E-state index in [4.69, 9.17) is 4.74 Å². The fourth-order valence-corrected chi connectivity index (χ4v) is 15.1. The Labute approximate surface area is 731 Å². The molecule has 4 saturated heterocycles. The maximum Gasteiger partial charge on any atom is 0.244 e.